The van der Waals surface area contributed by atoms with E-state index in [1.165, 1.54) is 16.8 Å². The second-order valence-corrected chi connectivity index (χ2v) is 5.82. The normalized spacial score (nSPS) is 12.5. The molecule has 0 bridgehead atoms. The molecule has 1 unspecified atom stereocenters. The maximum absolute atomic E-state index is 12.9. The molecule has 0 fully saturated rings. The van der Waals surface area contributed by atoms with Gasteiger partial charge < -0.3 is 5.32 Å². The Labute approximate surface area is 121 Å². The summed E-state index contributed by atoms with van der Waals surface area (Å²) in [5, 5.41) is 6.66. The van der Waals surface area contributed by atoms with Crippen LogP contribution in [0.5, 0.6) is 0 Å². The van der Waals surface area contributed by atoms with Crippen LogP contribution in [0.15, 0.2) is 48.0 Å². The Kier molecular flexibility index (Phi) is 3.65. The average molecular weight is 286 g/mol. The van der Waals surface area contributed by atoms with Gasteiger partial charge in [-0.15, -0.1) is 11.3 Å². The minimum absolute atomic E-state index is 0.195. The van der Waals surface area contributed by atoms with E-state index < -0.39 is 0 Å². The number of hydrogen-bond acceptors (Lipinski definition) is 3. The van der Waals surface area contributed by atoms with Crippen molar-refractivity contribution in [2.75, 3.05) is 5.32 Å². The first-order valence-electron chi connectivity index (χ1n) is 6.55. The van der Waals surface area contributed by atoms with Crippen LogP contribution in [0.3, 0.4) is 0 Å². The van der Waals surface area contributed by atoms with Gasteiger partial charge in [-0.3, -0.25) is 0 Å². The number of nitrogens with zero attached hydrogens (tertiary/aromatic N) is 1. The van der Waals surface area contributed by atoms with E-state index in [0.717, 1.165) is 23.2 Å². The van der Waals surface area contributed by atoms with Crippen molar-refractivity contribution in [3.8, 4) is 0 Å². The molecule has 0 aliphatic heterocycles. The lowest BCUT2D eigenvalue weighted by Crippen LogP contribution is -2.18. The molecule has 2 heterocycles. The zero-order chi connectivity index (χ0) is 13.9. The van der Waals surface area contributed by atoms with Crippen LogP contribution in [-0.4, -0.2) is 11.0 Å². The largest absolute Gasteiger partial charge is 0.367 e. The number of anilines is 1. The lowest BCUT2D eigenvalue weighted by atomic mass is 10.1. The second kappa shape index (κ2) is 5.59. The fourth-order valence-corrected chi connectivity index (χ4v) is 3.05. The standard InChI is InChI=1S/C16H15FN2S/c1-11(10-12-2-4-13(17)5-3-12)19-16-14-7-9-20-15(14)6-8-18-16/h2-9,11H,10H2,1H3,(H,18,19). The number of aromatic nitrogens is 1. The molecule has 2 nitrogen and oxygen atoms in total. The van der Waals surface area contributed by atoms with Gasteiger partial charge in [-0.2, -0.15) is 0 Å². The van der Waals surface area contributed by atoms with Gasteiger partial charge in [-0.1, -0.05) is 12.1 Å². The summed E-state index contributed by atoms with van der Waals surface area (Å²) < 4.78 is 14.1. The molecule has 0 aliphatic carbocycles. The molecule has 3 aromatic rings. The highest BCUT2D eigenvalue weighted by molar-refractivity contribution is 7.17. The van der Waals surface area contributed by atoms with Gasteiger partial charge in [0.2, 0.25) is 0 Å². The quantitative estimate of drug-likeness (QED) is 0.765. The Hall–Kier alpha value is -1.94. The van der Waals surface area contributed by atoms with Crippen molar-refractivity contribution < 1.29 is 4.39 Å². The van der Waals surface area contributed by atoms with E-state index in [4.69, 9.17) is 0 Å². The van der Waals surface area contributed by atoms with Crippen LogP contribution in [-0.2, 0) is 6.42 Å². The summed E-state index contributed by atoms with van der Waals surface area (Å²) >= 11 is 1.71. The monoisotopic (exact) mass is 286 g/mol. The molecule has 4 heteroatoms. The Balaban J connectivity index is 1.74. The molecule has 0 saturated carbocycles. The number of fused-ring (bicyclic) bond motifs is 1. The fourth-order valence-electron chi connectivity index (χ4n) is 2.27. The minimum atomic E-state index is -0.195. The Bertz CT molecular complexity index is 706. The maximum atomic E-state index is 12.9. The van der Waals surface area contributed by atoms with Gasteiger partial charge in [0.05, 0.1) is 0 Å². The molecule has 3 rings (SSSR count). The smallest absolute Gasteiger partial charge is 0.134 e. The first-order chi connectivity index (χ1) is 9.72. The highest BCUT2D eigenvalue weighted by Gasteiger charge is 2.08. The molecule has 0 spiro atoms. The molecule has 2 aromatic heterocycles. The van der Waals surface area contributed by atoms with E-state index in [1.807, 2.05) is 24.4 Å². The molecule has 102 valence electrons. The van der Waals surface area contributed by atoms with Crippen LogP contribution in [0.2, 0.25) is 0 Å². The van der Waals surface area contributed by atoms with E-state index in [0.29, 0.717) is 0 Å². The highest BCUT2D eigenvalue weighted by Crippen LogP contribution is 2.26. The number of benzene rings is 1. The summed E-state index contributed by atoms with van der Waals surface area (Å²) in [4.78, 5) is 4.41. The molecule has 0 aliphatic rings. The zero-order valence-corrected chi connectivity index (χ0v) is 12.0. The first-order valence-corrected chi connectivity index (χ1v) is 7.43. The van der Waals surface area contributed by atoms with Crippen molar-refractivity contribution >= 4 is 27.2 Å². The molecule has 20 heavy (non-hydrogen) atoms. The Morgan fingerprint density at radius 3 is 2.80 bits per heavy atom. The molecule has 1 N–H and O–H groups in total. The number of halogens is 1. The number of nitrogens with one attached hydrogen (secondary N) is 1. The van der Waals surface area contributed by atoms with Gasteiger partial charge in [0, 0.05) is 22.3 Å². The highest BCUT2D eigenvalue weighted by atomic mass is 32.1. The van der Waals surface area contributed by atoms with Gasteiger partial charge in [0.25, 0.3) is 0 Å². The lowest BCUT2D eigenvalue weighted by molar-refractivity contribution is 0.626. The topological polar surface area (TPSA) is 24.9 Å². The first kappa shape index (κ1) is 13.1. The van der Waals surface area contributed by atoms with Crippen LogP contribution in [0.4, 0.5) is 10.2 Å². The average Bonchev–Trinajstić information content (AvgIpc) is 2.91. The van der Waals surface area contributed by atoms with Crippen molar-refractivity contribution in [1.29, 1.82) is 0 Å². The maximum Gasteiger partial charge on any atom is 0.134 e. The van der Waals surface area contributed by atoms with Crippen molar-refractivity contribution in [1.82, 2.24) is 4.98 Å². The van der Waals surface area contributed by atoms with Gasteiger partial charge in [-0.25, -0.2) is 9.37 Å². The van der Waals surface area contributed by atoms with Crippen molar-refractivity contribution in [2.24, 2.45) is 0 Å². The van der Waals surface area contributed by atoms with E-state index in [2.05, 4.69) is 28.7 Å². The van der Waals surface area contributed by atoms with Crippen LogP contribution in [0.25, 0.3) is 10.1 Å². The molecule has 0 amide bonds. The van der Waals surface area contributed by atoms with Crippen LogP contribution in [0, 0.1) is 5.82 Å². The molecule has 1 atom stereocenters. The fraction of sp³-hybridized carbons (Fsp3) is 0.188. The Morgan fingerprint density at radius 2 is 2.00 bits per heavy atom. The number of hydrogen-bond donors (Lipinski definition) is 1. The van der Waals surface area contributed by atoms with E-state index in [9.17, 15) is 4.39 Å². The predicted octanol–water partition coefficient (Wildman–Crippen LogP) is 4.48. The Morgan fingerprint density at radius 1 is 1.20 bits per heavy atom. The number of thiophene rings is 1. The van der Waals surface area contributed by atoms with Crippen molar-refractivity contribution in [2.45, 2.75) is 19.4 Å². The van der Waals surface area contributed by atoms with Gasteiger partial charge >= 0.3 is 0 Å². The van der Waals surface area contributed by atoms with E-state index >= 15 is 0 Å². The summed E-state index contributed by atoms with van der Waals surface area (Å²) in [7, 11) is 0. The summed E-state index contributed by atoms with van der Waals surface area (Å²) in [6.45, 7) is 2.11. The number of rotatable bonds is 4. The molecule has 0 saturated heterocycles. The van der Waals surface area contributed by atoms with Gasteiger partial charge in [0.1, 0.15) is 11.6 Å². The van der Waals surface area contributed by atoms with Crippen molar-refractivity contribution in [3.05, 3.63) is 59.4 Å². The van der Waals surface area contributed by atoms with E-state index in [1.54, 1.807) is 11.3 Å². The van der Waals surface area contributed by atoms with Gasteiger partial charge in [0.15, 0.2) is 0 Å². The minimum Gasteiger partial charge on any atom is -0.367 e. The van der Waals surface area contributed by atoms with Crippen LogP contribution in [0.1, 0.15) is 12.5 Å². The summed E-state index contributed by atoms with van der Waals surface area (Å²) in [5.74, 6) is 0.720. The molecule has 1 aromatic carbocycles. The third-order valence-corrected chi connectivity index (χ3v) is 4.10. The third-order valence-electron chi connectivity index (χ3n) is 3.22. The van der Waals surface area contributed by atoms with E-state index in [-0.39, 0.29) is 11.9 Å². The molecular weight excluding hydrogens is 271 g/mol. The van der Waals surface area contributed by atoms with Crippen LogP contribution >= 0.6 is 11.3 Å². The number of pyridine rings is 1. The molecule has 0 radical (unpaired) electrons. The van der Waals surface area contributed by atoms with Crippen molar-refractivity contribution in [3.63, 3.8) is 0 Å². The van der Waals surface area contributed by atoms with Crippen LogP contribution < -0.4 is 5.32 Å². The zero-order valence-electron chi connectivity index (χ0n) is 11.1. The second-order valence-electron chi connectivity index (χ2n) is 4.87. The summed E-state index contributed by atoms with van der Waals surface area (Å²) in [6.07, 6.45) is 2.66. The molecular formula is C16H15FN2S. The summed E-state index contributed by atoms with van der Waals surface area (Å²) in [6, 6.07) is 11.0. The summed E-state index contributed by atoms with van der Waals surface area (Å²) in [5.41, 5.74) is 1.11. The lowest BCUT2D eigenvalue weighted by Gasteiger charge is -2.15. The van der Waals surface area contributed by atoms with Gasteiger partial charge in [-0.05, 0) is 48.6 Å². The predicted molar refractivity (Wildman–Crippen MR) is 82.8 cm³/mol. The SMILES string of the molecule is CC(Cc1ccc(F)cc1)Nc1nccc2sccc12. The third kappa shape index (κ3) is 2.80.